The predicted molar refractivity (Wildman–Crippen MR) is 120 cm³/mol. The maximum Gasteiger partial charge on any atom is 0.253 e. The summed E-state index contributed by atoms with van der Waals surface area (Å²) in [7, 11) is 0. The third-order valence-corrected chi connectivity index (χ3v) is 6.24. The Morgan fingerprint density at radius 3 is 2.39 bits per heavy atom. The fourth-order valence-corrected chi connectivity index (χ4v) is 4.44. The van der Waals surface area contributed by atoms with Crippen molar-refractivity contribution in [1.29, 1.82) is 0 Å². The number of nitrogens with one attached hydrogen (secondary N) is 1. The van der Waals surface area contributed by atoms with Gasteiger partial charge < -0.3 is 15.0 Å². The Morgan fingerprint density at radius 2 is 1.71 bits per heavy atom. The summed E-state index contributed by atoms with van der Waals surface area (Å²) in [5.41, 5.74) is 1.35. The van der Waals surface area contributed by atoms with Gasteiger partial charge in [0.05, 0.1) is 11.9 Å². The Hall–Kier alpha value is -2.89. The molecule has 2 fully saturated rings. The molecule has 164 valence electrons. The van der Waals surface area contributed by atoms with Crippen LogP contribution in [0, 0.1) is 5.92 Å². The van der Waals surface area contributed by atoms with Crippen molar-refractivity contribution < 1.29 is 14.3 Å². The molecule has 2 heterocycles. The first-order chi connectivity index (χ1) is 15.2. The van der Waals surface area contributed by atoms with Crippen LogP contribution in [0.3, 0.4) is 0 Å². The monoisotopic (exact) mass is 421 g/mol. The normalized spacial score (nSPS) is 16.8. The molecule has 1 aliphatic heterocycles. The number of rotatable bonds is 7. The topological polar surface area (TPSA) is 71.5 Å². The molecule has 1 N–H and O–H groups in total. The first-order valence-corrected chi connectivity index (χ1v) is 11.5. The van der Waals surface area contributed by atoms with Crippen molar-refractivity contribution in [2.75, 3.05) is 18.4 Å². The van der Waals surface area contributed by atoms with E-state index in [0.717, 1.165) is 32.4 Å². The Kier molecular flexibility index (Phi) is 7.18. The minimum Gasteiger partial charge on any atom is -0.439 e. The van der Waals surface area contributed by atoms with Gasteiger partial charge in [0, 0.05) is 31.1 Å². The molecule has 1 aromatic heterocycles. The lowest BCUT2D eigenvalue weighted by molar-refractivity contribution is -0.116. The first-order valence-electron chi connectivity index (χ1n) is 11.5. The van der Waals surface area contributed by atoms with Crippen molar-refractivity contribution in [3.63, 3.8) is 0 Å². The molecule has 0 radical (unpaired) electrons. The molecule has 31 heavy (non-hydrogen) atoms. The third kappa shape index (κ3) is 6.06. The fraction of sp³-hybridized carbons (Fsp3) is 0.480. The second kappa shape index (κ2) is 10.4. The number of piperidine rings is 1. The van der Waals surface area contributed by atoms with Crippen molar-refractivity contribution >= 4 is 17.5 Å². The SMILES string of the molecule is O=C(CCC1CCCC1)Nc1ccc(Oc2ccc(C(=O)N3CCCCC3)cc2)nc1. The van der Waals surface area contributed by atoms with Crippen LogP contribution in [-0.2, 0) is 4.79 Å². The number of ether oxygens (including phenoxy) is 1. The van der Waals surface area contributed by atoms with E-state index in [9.17, 15) is 9.59 Å². The third-order valence-electron chi connectivity index (χ3n) is 6.24. The highest BCUT2D eigenvalue weighted by Gasteiger charge is 2.18. The second-order valence-corrected chi connectivity index (χ2v) is 8.60. The largest absolute Gasteiger partial charge is 0.439 e. The van der Waals surface area contributed by atoms with Gasteiger partial charge in [-0.1, -0.05) is 25.7 Å². The molecule has 6 nitrogen and oxygen atoms in total. The number of hydrogen-bond donors (Lipinski definition) is 1. The molecule has 2 aromatic rings. The van der Waals surface area contributed by atoms with E-state index >= 15 is 0 Å². The van der Waals surface area contributed by atoms with Crippen molar-refractivity contribution in [2.24, 2.45) is 5.92 Å². The molecular formula is C25H31N3O3. The van der Waals surface area contributed by atoms with E-state index in [1.165, 1.54) is 32.1 Å². The number of carbonyl (C=O) groups excluding carboxylic acids is 2. The van der Waals surface area contributed by atoms with Crippen LogP contribution in [-0.4, -0.2) is 34.8 Å². The van der Waals surface area contributed by atoms with Crippen LogP contribution in [0.5, 0.6) is 11.6 Å². The summed E-state index contributed by atoms with van der Waals surface area (Å²) in [5.74, 6) is 1.89. The number of pyridine rings is 1. The summed E-state index contributed by atoms with van der Waals surface area (Å²) in [4.78, 5) is 30.9. The van der Waals surface area contributed by atoms with Crippen LogP contribution < -0.4 is 10.1 Å². The summed E-state index contributed by atoms with van der Waals surface area (Å²) in [6.07, 6.45) is 11.6. The Morgan fingerprint density at radius 1 is 0.968 bits per heavy atom. The smallest absolute Gasteiger partial charge is 0.253 e. The molecule has 1 aromatic carbocycles. The number of aromatic nitrogens is 1. The standard InChI is InChI=1S/C25H31N3O3/c29-23(14-8-19-6-2-3-7-19)27-21-11-15-24(26-18-21)31-22-12-9-20(10-13-22)25(30)28-16-4-1-5-17-28/h9-13,15,18-19H,1-8,14,16-17H2,(H,27,29). The molecule has 4 rings (SSSR count). The van der Waals surface area contributed by atoms with Gasteiger partial charge in [-0.3, -0.25) is 9.59 Å². The number of amides is 2. The van der Waals surface area contributed by atoms with Crippen molar-refractivity contribution in [3.8, 4) is 11.6 Å². The highest BCUT2D eigenvalue weighted by atomic mass is 16.5. The van der Waals surface area contributed by atoms with E-state index in [2.05, 4.69) is 10.3 Å². The van der Waals surface area contributed by atoms with Crippen molar-refractivity contribution in [2.45, 2.75) is 57.8 Å². The van der Waals surface area contributed by atoms with Gasteiger partial charge in [0.1, 0.15) is 5.75 Å². The zero-order chi connectivity index (χ0) is 21.5. The Balaban J connectivity index is 1.26. The molecule has 0 bridgehead atoms. The highest BCUT2D eigenvalue weighted by Crippen LogP contribution is 2.28. The Bertz CT molecular complexity index is 868. The van der Waals surface area contributed by atoms with Gasteiger partial charge in [-0.2, -0.15) is 0 Å². The predicted octanol–water partition coefficient (Wildman–Crippen LogP) is 5.41. The number of hydrogen-bond acceptors (Lipinski definition) is 4. The average Bonchev–Trinajstić information content (AvgIpc) is 3.33. The van der Waals surface area contributed by atoms with Gasteiger partial charge in [0.15, 0.2) is 0 Å². The minimum atomic E-state index is 0.0383. The lowest BCUT2D eigenvalue weighted by Crippen LogP contribution is -2.35. The van der Waals surface area contributed by atoms with Gasteiger partial charge in [-0.15, -0.1) is 0 Å². The van der Waals surface area contributed by atoms with Crippen LogP contribution >= 0.6 is 0 Å². The van der Waals surface area contributed by atoms with Gasteiger partial charge >= 0.3 is 0 Å². The number of carbonyl (C=O) groups is 2. The molecular weight excluding hydrogens is 390 g/mol. The average molecular weight is 422 g/mol. The zero-order valence-electron chi connectivity index (χ0n) is 18.0. The van der Waals surface area contributed by atoms with Crippen LogP contribution in [0.4, 0.5) is 5.69 Å². The van der Waals surface area contributed by atoms with E-state index < -0.39 is 0 Å². The molecule has 6 heteroatoms. The number of anilines is 1. The molecule has 0 spiro atoms. The van der Waals surface area contributed by atoms with Crippen molar-refractivity contribution in [1.82, 2.24) is 9.88 Å². The van der Waals surface area contributed by atoms with Crippen LogP contribution in [0.1, 0.15) is 68.1 Å². The molecule has 0 atom stereocenters. The lowest BCUT2D eigenvalue weighted by atomic mass is 10.0. The highest BCUT2D eigenvalue weighted by molar-refractivity contribution is 5.94. The summed E-state index contributed by atoms with van der Waals surface area (Å²) < 4.78 is 5.78. The van der Waals surface area contributed by atoms with E-state index in [-0.39, 0.29) is 11.8 Å². The van der Waals surface area contributed by atoms with Gasteiger partial charge in [-0.05, 0) is 61.9 Å². The van der Waals surface area contributed by atoms with E-state index in [1.54, 1.807) is 42.6 Å². The second-order valence-electron chi connectivity index (χ2n) is 8.60. The maximum atomic E-state index is 12.6. The molecule has 1 saturated carbocycles. The van der Waals surface area contributed by atoms with E-state index in [4.69, 9.17) is 4.74 Å². The summed E-state index contributed by atoms with van der Waals surface area (Å²) in [6.45, 7) is 1.68. The zero-order valence-corrected chi connectivity index (χ0v) is 18.0. The van der Waals surface area contributed by atoms with Gasteiger partial charge in [-0.25, -0.2) is 4.98 Å². The first kappa shape index (κ1) is 21.3. The van der Waals surface area contributed by atoms with Crippen LogP contribution in [0.2, 0.25) is 0 Å². The fourth-order valence-electron chi connectivity index (χ4n) is 4.44. The molecule has 0 unspecified atom stereocenters. The number of likely N-dealkylation sites (tertiary alicyclic amines) is 1. The lowest BCUT2D eigenvalue weighted by Gasteiger charge is -2.26. The number of benzene rings is 1. The maximum absolute atomic E-state index is 12.6. The molecule has 2 amide bonds. The molecule has 1 aliphatic carbocycles. The quantitative estimate of drug-likeness (QED) is 0.649. The van der Waals surface area contributed by atoms with Crippen LogP contribution in [0.15, 0.2) is 42.6 Å². The summed E-state index contributed by atoms with van der Waals surface area (Å²) in [5, 5.41) is 2.91. The molecule has 2 aliphatic rings. The van der Waals surface area contributed by atoms with Gasteiger partial charge in [0.2, 0.25) is 11.8 Å². The van der Waals surface area contributed by atoms with E-state index in [1.807, 2.05) is 4.90 Å². The van der Waals surface area contributed by atoms with E-state index in [0.29, 0.717) is 35.2 Å². The Labute approximate surface area is 184 Å². The summed E-state index contributed by atoms with van der Waals surface area (Å²) in [6, 6.07) is 10.7. The number of nitrogens with zero attached hydrogens (tertiary/aromatic N) is 2. The van der Waals surface area contributed by atoms with Crippen LogP contribution in [0.25, 0.3) is 0 Å². The minimum absolute atomic E-state index is 0.0383. The summed E-state index contributed by atoms with van der Waals surface area (Å²) >= 11 is 0. The molecule has 1 saturated heterocycles. The van der Waals surface area contributed by atoms with Gasteiger partial charge in [0.25, 0.3) is 5.91 Å². The van der Waals surface area contributed by atoms with Crippen molar-refractivity contribution in [3.05, 3.63) is 48.2 Å².